The van der Waals surface area contributed by atoms with E-state index in [1.807, 2.05) is 26.2 Å². The van der Waals surface area contributed by atoms with Crippen molar-refractivity contribution in [1.82, 2.24) is 15.3 Å². The Hall–Kier alpha value is -2.18. The van der Waals surface area contributed by atoms with Crippen LogP contribution in [0, 0.1) is 5.92 Å². The predicted octanol–water partition coefficient (Wildman–Crippen LogP) is 5.26. The van der Waals surface area contributed by atoms with E-state index in [9.17, 15) is 0 Å². The molecular weight excluding hydrogens is 450 g/mol. The maximum atomic E-state index is 4.80. The van der Waals surface area contributed by atoms with Crippen LogP contribution in [0.3, 0.4) is 0 Å². The normalized spacial score (nSPS) is 18.8. The minimum Gasteiger partial charge on any atom is -0.362 e. The highest BCUT2D eigenvalue weighted by molar-refractivity contribution is 9.10. The molecule has 2 aromatic carbocycles. The Labute approximate surface area is 193 Å². The molecule has 3 aromatic rings. The smallest absolute Gasteiger partial charge is 0.225 e. The summed E-state index contributed by atoms with van der Waals surface area (Å²) in [6.45, 7) is 2.13. The third kappa shape index (κ3) is 5.74. The second-order valence-electron chi connectivity index (χ2n) is 8.69. The van der Waals surface area contributed by atoms with Crippen molar-refractivity contribution in [2.45, 2.75) is 38.1 Å². The molecule has 6 heteroatoms. The first kappa shape index (κ1) is 22.0. The van der Waals surface area contributed by atoms with Crippen molar-refractivity contribution in [3.05, 3.63) is 58.6 Å². The number of halogens is 1. The van der Waals surface area contributed by atoms with Crippen LogP contribution in [0.15, 0.2) is 53.0 Å². The first-order chi connectivity index (χ1) is 15.1. The molecule has 0 aliphatic heterocycles. The van der Waals surface area contributed by atoms with Gasteiger partial charge in [-0.15, -0.1) is 0 Å². The van der Waals surface area contributed by atoms with Crippen molar-refractivity contribution in [1.29, 1.82) is 0 Å². The van der Waals surface area contributed by atoms with E-state index in [0.29, 0.717) is 6.04 Å². The van der Waals surface area contributed by atoms with Crippen molar-refractivity contribution >= 4 is 38.6 Å². The lowest BCUT2D eigenvalue weighted by atomic mass is 9.86. The molecule has 4 rings (SSSR count). The number of nitrogens with one attached hydrogen (secondary N) is 2. The van der Waals surface area contributed by atoms with E-state index in [-0.39, 0.29) is 0 Å². The van der Waals surface area contributed by atoms with Crippen molar-refractivity contribution in [2.24, 2.45) is 5.92 Å². The highest BCUT2D eigenvalue weighted by Gasteiger charge is 2.22. The molecule has 0 unspecified atom stereocenters. The van der Waals surface area contributed by atoms with E-state index >= 15 is 0 Å². The molecule has 0 atom stereocenters. The number of para-hydroxylation sites is 1. The number of hydrogen-bond donors (Lipinski definition) is 2. The highest BCUT2D eigenvalue weighted by Crippen LogP contribution is 2.28. The van der Waals surface area contributed by atoms with Crippen molar-refractivity contribution in [3.8, 4) is 0 Å². The Morgan fingerprint density at radius 2 is 1.71 bits per heavy atom. The van der Waals surface area contributed by atoms with E-state index in [4.69, 9.17) is 9.97 Å². The lowest BCUT2D eigenvalue weighted by Crippen LogP contribution is -2.32. The number of aromatic nitrogens is 2. The minimum atomic E-state index is 0.452. The van der Waals surface area contributed by atoms with Gasteiger partial charge in [0.25, 0.3) is 0 Å². The zero-order chi connectivity index (χ0) is 21.6. The highest BCUT2D eigenvalue weighted by atomic mass is 79.9. The summed E-state index contributed by atoms with van der Waals surface area (Å²) in [7, 11) is 4.07. The van der Waals surface area contributed by atoms with E-state index < -0.39 is 0 Å². The van der Waals surface area contributed by atoms with Crippen LogP contribution in [0.5, 0.6) is 0 Å². The van der Waals surface area contributed by atoms with Gasteiger partial charge in [-0.1, -0.05) is 46.3 Å². The van der Waals surface area contributed by atoms with Crippen molar-refractivity contribution in [3.63, 3.8) is 0 Å². The molecule has 0 amide bonds. The Balaban J connectivity index is 1.25. The molecule has 1 heterocycles. The second kappa shape index (κ2) is 10.4. The number of benzene rings is 2. The summed E-state index contributed by atoms with van der Waals surface area (Å²) in [6, 6.07) is 17.2. The van der Waals surface area contributed by atoms with E-state index in [0.717, 1.165) is 48.1 Å². The third-order valence-corrected chi connectivity index (χ3v) is 6.92. The Kier molecular flexibility index (Phi) is 7.41. The average Bonchev–Trinajstić information content (AvgIpc) is 2.78. The lowest BCUT2D eigenvalue weighted by molar-refractivity contribution is 0.325. The van der Waals surface area contributed by atoms with Gasteiger partial charge < -0.3 is 15.5 Å². The molecule has 1 aromatic heterocycles. The van der Waals surface area contributed by atoms with Crippen LogP contribution < -0.4 is 15.5 Å². The van der Waals surface area contributed by atoms with E-state index in [1.165, 1.54) is 35.7 Å². The molecule has 2 N–H and O–H groups in total. The zero-order valence-corrected chi connectivity index (χ0v) is 20.0. The van der Waals surface area contributed by atoms with Crippen LogP contribution in [-0.4, -0.2) is 43.2 Å². The van der Waals surface area contributed by atoms with Crippen molar-refractivity contribution < 1.29 is 0 Å². The molecular formula is C25H32BrN5. The monoisotopic (exact) mass is 481 g/mol. The number of hydrogen-bond acceptors (Lipinski definition) is 5. The van der Waals surface area contributed by atoms with Gasteiger partial charge >= 0.3 is 0 Å². The molecule has 0 bridgehead atoms. The van der Waals surface area contributed by atoms with Crippen LogP contribution in [0.2, 0.25) is 0 Å². The van der Waals surface area contributed by atoms with Gasteiger partial charge in [0.15, 0.2) is 0 Å². The van der Waals surface area contributed by atoms with E-state index in [1.54, 1.807) is 0 Å². The first-order valence-electron chi connectivity index (χ1n) is 11.2. The van der Waals surface area contributed by atoms with Gasteiger partial charge in [-0.25, -0.2) is 4.98 Å². The lowest BCUT2D eigenvalue weighted by Gasteiger charge is -2.29. The fraction of sp³-hybridized carbons (Fsp3) is 0.440. The molecule has 0 spiro atoms. The van der Waals surface area contributed by atoms with Crippen LogP contribution in [0.4, 0.5) is 11.8 Å². The number of fused-ring (bicyclic) bond motifs is 1. The molecule has 1 saturated carbocycles. The van der Waals surface area contributed by atoms with Crippen molar-refractivity contribution in [2.75, 3.05) is 37.4 Å². The van der Waals surface area contributed by atoms with Gasteiger partial charge in [-0.05, 0) is 74.9 Å². The summed E-state index contributed by atoms with van der Waals surface area (Å²) in [5.74, 6) is 2.47. The van der Waals surface area contributed by atoms with Crippen LogP contribution in [0.1, 0.15) is 31.2 Å². The third-order valence-electron chi connectivity index (χ3n) is 6.15. The summed E-state index contributed by atoms with van der Waals surface area (Å²) >= 11 is 3.64. The van der Waals surface area contributed by atoms with Crippen LogP contribution in [-0.2, 0) is 6.42 Å². The topological polar surface area (TPSA) is 53.1 Å². The van der Waals surface area contributed by atoms with Gasteiger partial charge in [-0.3, -0.25) is 0 Å². The van der Waals surface area contributed by atoms with Gasteiger partial charge in [0.05, 0.1) is 5.52 Å². The molecule has 164 valence electrons. The Morgan fingerprint density at radius 1 is 0.968 bits per heavy atom. The standard InChI is InChI=1S/C25H32BrN5/c1-31(2)24-21-8-4-6-10-23(21)29-25(30-24)28-20-13-11-18(12-14-20)17-27-16-15-19-7-3-5-9-22(19)26/h3-10,18,20,27H,11-17H2,1-2H3,(H,28,29,30)/t18-,20+. The first-order valence-corrected chi connectivity index (χ1v) is 12.0. The van der Waals surface area contributed by atoms with Gasteiger partial charge in [-0.2, -0.15) is 4.98 Å². The largest absolute Gasteiger partial charge is 0.362 e. The molecule has 31 heavy (non-hydrogen) atoms. The summed E-state index contributed by atoms with van der Waals surface area (Å²) in [5, 5.41) is 8.37. The molecule has 5 nitrogen and oxygen atoms in total. The number of anilines is 2. The Morgan fingerprint density at radius 3 is 2.48 bits per heavy atom. The quantitative estimate of drug-likeness (QED) is 0.429. The fourth-order valence-corrected chi connectivity index (χ4v) is 4.87. The molecule has 0 radical (unpaired) electrons. The molecule has 1 aliphatic carbocycles. The molecule has 0 saturated heterocycles. The number of rotatable bonds is 8. The maximum Gasteiger partial charge on any atom is 0.225 e. The van der Waals surface area contributed by atoms with Crippen LogP contribution in [0.25, 0.3) is 10.9 Å². The molecule has 1 aliphatic rings. The van der Waals surface area contributed by atoms with Gasteiger partial charge in [0.1, 0.15) is 5.82 Å². The van der Waals surface area contributed by atoms with Gasteiger partial charge in [0, 0.05) is 30.0 Å². The minimum absolute atomic E-state index is 0.452. The van der Waals surface area contributed by atoms with Crippen LogP contribution >= 0.6 is 15.9 Å². The average molecular weight is 482 g/mol. The Bertz CT molecular complexity index is 998. The van der Waals surface area contributed by atoms with E-state index in [2.05, 4.69) is 67.9 Å². The maximum absolute atomic E-state index is 4.80. The summed E-state index contributed by atoms with van der Waals surface area (Å²) in [5.41, 5.74) is 2.36. The SMILES string of the molecule is CN(C)c1nc(N[C@H]2CC[C@@H](CNCCc3ccccc3Br)CC2)nc2ccccc12. The number of nitrogens with zero attached hydrogens (tertiary/aromatic N) is 3. The molecule has 1 fully saturated rings. The fourth-order valence-electron chi connectivity index (χ4n) is 4.39. The summed E-state index contributed by atoms with van der Waals surface area (Å²) < 4.78 is 1.21. The second-order valence-corrected chi connectivity index (χ2v) is 9.54. The summed E-state index contributed by atoms with van der Waals surface area (Å²) in [6.07, 6.45) is 5.89. The zero-order valence-electron chi connectivity index (χ0n) is 18.4. The summed E-state index contributed by atoms with van der Waals surface area (Å²) in [4.78, 5) is 11.6. The van der Waals surface area contributed by atoms with Gasteiger partial charge in [0.2, 0.25) is 5.95 Å². The predicted molar refractivity (Wildman–Crippen MR) is 134 cm³/mol.